The molecule has 0 aliphatic rings. The maximum absolute atomic E-state index is 5.35. The first-order chi connectivity index (χ1) is 6.35. The first kappa shape index (κ1) is 12.5. The maximum Gasteiger partial charge on any atom is 0.0687 e. The molecule has 0 saturated heterocycles. The van der Waals surface area contributed by atoms with Gasteiger partial charge in [0.05, 0.1) is 12.6 Å². The van der Waals surface area contributed by atoms with Crippen LogP contribution in [0, 0.1) is 12.3 Å². The number of nitrogens with one attached hydrogen (secondary N) is 1. The van der Waals surface area contributed by atoms with Crippen molar-refractivity contribution >= 4 is 0 Å². The summed E-state index contributed by atoms with van der Waals surface area (Å²) in [4.78, 5) is 0. The molecule has 0 aliphatic carbocycles. The summed E-state index contributed by atoms with van der Waals surface area (Å²) in [6.07, 6.45) is 8.59. The number of ether oxygens (including phenoxy) is 1. The van der Waals surface area contributed by atoms with Crippen LogP contribution < -0.4 is 5.32 Å². The van der Waals surface area contributed by atoms with E-state index >= 15 is 0 Å². The van der Waals surface area contributed by atoms with E-state index < -0.39 is 0 Å². The highest BCUT2D eigenvalue weighted by atomic mass is 16.5. The monoisotopic (exact) mass is 183 g/mol. The molecule has 0 bridgehead atoms. The van der Waals surface area contributed by atoms with Crippen molar-refractivity contribution in [2.75, 3.05) is 19.8 Å². The number of terminal acetylenes is 1. The lowest BCUT2D eigenvalue weighted by molar-refractivity contribution is 0.135. The van der Waals surface area contributed by atoms with Gasteiger partial charge in [-0.25, -0.2) is 0 Å². The summed E-state index contributed by atoms with van der Waals surface area (Å²) in [5, 5.41) is 3.27. The van der Waals surface area contributed by atoms with Crippen molar-refractivity contribution in [3.8, 4) is 12.3 Å². The van der Waals surface area contributed by atoms with Gasteiger partial charge in [0.2, 0.25) is 0 Å². The number of rotatable bonds is 8. The van der Waals surface area contributed by atoms with Crippen molar-refractivity contribution in [3.05, 3.63) is 0 Å². The van der Waals surface area contributed by atoms with Gasteiger partial charge < -0.3 is 10.1 Å². The van der Waals surface area contributed by atoms with Crippen molar-refractivity contribution in [1.82, 2.24) is 5.32 Å². The SMILES string of the molecule is C#CC(CCC)NCCOCCC. The Morgan fingerprint density at radius 1 is 1.31 bits per heavy atom. The Labute approximate surface area is 82.1 Å². The van der Waals surface area contributed by atoms with Crippen LogP contribution in [0.3, 0.4) is 0 Å². The highest BCUT2D eigenvalue weighted by Crippen LogP contribution is 1.93. The summed E-state index contributed by atoms with van der Waals surface area (Å²) >= 11 is 0. The maximum atomic E-state index is 5.35. The quantitative estimate of drug-likeness (QED) is 0.458. The van der Waals surface area contributed by atoms with Gasteiger partial charge in [0.1, 0.15) is 0 Å². The fourth-order valence-corrected chi connectivity index (χ4v) is 1.08. The summed E-state index contributed by atoms with van der Waals surface area (Å²) in [6, 6.07) is 0.218. The van der Waals surface area contributed by atoms with E-state index in [1.54, 1.807) is 0 Å². The first-order valence-electron chi connectivity index (χ1n) is 5.12. The Morgan fingerprint density at radius 3 is 2.62 bits per heavy atom. The molecule has 1 N–H and O–H groups in total. The largest absolute Gasteiger partial charge is 0.380 e. The third kappa shape index (κ3) is 7.83. The smallest absolute Gasteiger partial charge is 0.0687 e. The molecule has 0 rings (SSSR count). The molecule has 1 unspecified atom stereocenters. The summed E-state index contributed by atoms with van der Waals surface area (Å²) < 4.78 is 5.32. The molecule has 1 atom stereocenters. The van der Waals surface area contributed by atoms with Gasteiger partial charge in [-0.2, -0.15) is 0 Å². The van der Waals surface area contributed by atoms with Crippen molar-refractivity contribution < 1.29 is 4.74 Å². The molecule has 0 fully saturated rings. The zero-order valence-electron chi connectivity index (χ0n) is 8.81. The predicted octanol–water partition coefficient (Wildman–Crippen LogP) is 1.80. The zero-order valence-corrected chi connectivity index (χ0v) is 8.81. The van der Waals surface area contributed by atoms with Crippen LogP contribution in [0.4, 0.5) is 0 Å². The van der Waals surface area contributed by atoms with Gasteiger partial charge in [0.15, 0.2) is 0 Å². The van der Waals surface area contributed by atoms with Crippen molar-refractivity contribution in [2.45, 2.75) is 39.2 Å². The fraction of sp³-hybridized carbons (Fsp3) is 0.818. The van der Waals surface area contributed by atoms with Gasteiger partial charge in [-0.15, -0.1) is 6.42 Å². The van der Waals surface area contributed by atoms with Gasteiger partial charge in [-0.3, -0.25) is 0 Å². The molecule has 0 spiro atoms. The van der Waals surface area contributed by atoms with Crippen LogP contribution >= 0.6 is 0 Å². The average Bonchev–Trinajstić information content (AvgIpc) is 2.16. The first-order valence-corrected chi connectivity index (χ1v) is 5.12. The van der Waals surface area contributed by atoms with E-state index in [2.05, 4.69) is 25.1 Å². The van der Waals surface area contributed by atoms with Crippen molar-refractivity contribution in [3.63, 3.8) is 0 Å². The summed E-state index contributed by atoms with van der Waals surface area (Å²) in [5.41, 5.74) is 0. The van der Waals surface area contributed by atoms with E-state index in [-0.39, 0.29) is 6.04 Å². The number of hydrogen-bond donors (Lipinski definition) is 1. The van der Waals surface area contributed by atoms with E-state index in [1.807, 2.05) is 0 Å². The minimum atomic E-state index is 0.218. The van der Waals surface area contributed by atoms with Gasteiger partial charge in [0.25, 0.3) is 0 Å². The Kier molecular flexibility index (Phi) is 9.18. The van der Waals surface area contributed by atoms with E-state index in [0.29, 0.717) is 0 Å². The molecule has 0 amide bonds. The standard InChI is InChI=1S/C11H21NO/c1-4-7-11(6-3)12-8-10-13-9-5-2/h3,11-12H,4-5,7-10H2,1-2H3. The summed E-state index contributed by atoms with van der Waals surface area (Å²) in [5.74, 6) is 2.73. The molecule has 0 aromatic heterocycles. The van der Waals surface area contributed by atoms with E-state index in [4.69, 9.17) is 11.2 Å². The highest BCUT2D eigenvalue weighted by Gasteiger charge is 2.00. The van der Waals surface area contributed by atoms with E-state index in [1.165, 1.54) is 0 Å². The Bertz CT molecular complexity index is 140. The second kappa shape index (κ2) is 9.57. The summed E-state index contributed by atoms with van der Waals surface area (Å²) in [6.45, 7) is 6.70. The van der Waals surface area contributed by atoms with Gasteiger partial charge in [-0.05, 0) is 12.8 Å². The molecule has 0 aliphatic heterocycles. The third-order valence-corrected chi connectivity index (χ3v) is 1.76. The van der Waals surface area contributed by atoms with Crippen LogP contribution in [0.15, 0.2) is 0 Å². The normalized spacial score (nSPS) is 12.4. The molecule has 0 saturated carbocycles. The van der Waals surface area contributed by atoms with Crippen molar-refractivity contribution in [2.24, 2.45) is 0 Å². The van der Waals surface area contributed by atoms with Crippen molar-refractivity contribution in [1.29, 1.82) is 0 Å². The van der Waals surface area contributed by atoms with Gasteiger partial charge >= 0.3 is 0 Å². The fourth-order valence-electron chi connectivity index (χ4n) is 1.08. The molecular formula is C11H21NO. The Morgan fingerprint density at radius 2 is 2.08 bits per heavy atom. The lowest BCUT2D eigenvalue weighted by atomic mass is 10.2. The van der Waals surface area contributed by atoms with E-state index in [0.717, 1.165) is 39.0 Å². The van der Waals surface area contributed by atoms with Crippen LogP contribution in [0.25, 0.3) is 0 Å². The van der Waals surface area contributed by atoms with Crippen LogP contribution in [0.1, 0.15) is 33.1 Å². The minimum Gasteiger partial charge on any atom is -0.380 e. The topological polar surface area (TPSA) is 21.3 Å². The molecular weight excluding hydrogens is 162 g/mol. The van der Waals surface area contributed by atoms with Crippen LogP contribution in [-0.4, -0.2) is 25.8 Å². The Hall–Kier alpha value is -0.520. The molecule has 2 nitrogen and oxygen atoms in total. The average molecular weight is 183 g/mol. The van der Waals surface area contributed by atoms with Gasteiger partial charge in [-0.1, -0.05) is 26.2 Å². The molecule has 2 heteroatoms. The molecule has 0 heterocycles. The zero-order chi connectivity index (χ0) is 9.94. The van der Waals surface area contributed by atoms with Crippen LogP contribution in [-0.2, 0) is 4.74 Å². The van der Waals surface area contributed by atoms with Crippen LogP contribution in [0.2, 0.25) is 0 Å². The van der Waals surface area contributed by atoms with E-state index in [9.17, 15) is 0 Å². The highest BCUT2D eigenvalue weighted by molar-refractivity contribution is 4.98. The molecule has 76 valence electrons. The minimum absolute atomic E-state index is 0.218. The molecule has 0 aromatic carbocycles. The second-order valence-corrected chi connectivity index (χ2v) is 3.07. The lowest BCUT2D eigenvalue weighted by Crippen LogP contribution is -2.30. The second-order valence-electron chi connectivity index (χ2n) is 3.07. The molecule has 0 aromatic rings. The van der Waals surface area contributed by atoms with Gasteiger partial charge in [0, 0.05) is 13.2 Å². The Balaban J connectivity index is 3.24. The molecule has 13 heavy (non-hydrogen) atoms. The third-order valence-electron chi connectivity index (χ3n) is 1.76. The molecule has 0 radical (unpaired) electrons. The predicted molar refractivity (Wildman–Crippen MR) is 56.6 cm³/mol. The summed E-state index contributed by atoms with van der Waals surface area (Å²) in [7, 11) is 0. The van der Waals surface area contributed by atoms with Crippen LogP contribution in [0.5, 0.6) is 0 Å². The number of hydrogen-bond acceptors (Lipinski definition) is 2. The lowest BCUT2D eigenvalue weighted by Gasteiger charge is -2.11.